The summed E-state index contributed by atoms with van der Waals surface area (Å²) >= 11 is 0. The van der Waals surface area contributed by atoms with E-state index in [0.29, 0.717) is 0 Å². The van der Waals surface area contributed by atoms with Gasteiger partial charge < -0.3 is 48.7 Å². The highest BCUT2D eigenvalue weighted by atomic mass is 16.8. The van der Waals surface area contributed by atoms with E-state index in [-0.39, 0.29) is 42.1 Å². The highest BCUT2D eigenvalue weighted by Gasteiger charge is 2.83. The Morgan fingerprint density at radius 1 is 0.966 bits per heavy atom. The second kappa shape index (κ2) is 15.1. The second-order valence-electron chi connectivity index (χ2n) is 17.0. The Hall–Kier alpha value is -4.87. The molecule has 1 unspecified atom stereocenters. The zero-order valence-corrected chi connectivity index (χ0v) is 33.9. The predicted molar refractivity (Wildman–Crippen MR) is 196 cm³/mol. The summed E-state index contributed by atoms with van der Waals surface area (Å²) in [5.74, 6) is -7.08. The number of fused-ring (bicyclic) bond motifs is 4. The molecule has 1 spiro atoms. The first-order valence-corrected chi connectivity index (χ1v) is 19.3. The van der Waals surface area contributed by atoms with Crippen LogP contribution in [0.1, 0.15) is 85.5 Å². The van der Waals surface area contributed by atoms with Gasteiger partial charge in [0.15, 0.2) is 41.9 Å². The van der Waals surface area contributed by atoms with E-state index in [1.54, 1.807) is 32.0 Å². The summed E-state index contributed by atoms with van der Waals surface area (Å²) < 4.78 is 42.5. The van der Waals surface area contributed by atoms with Crippen LogP contribution in [0.4, 0.5) is 4.79 Å². The van der Waals surface area contributed by atoms with Crippen LogP contribution in [0.2, 0.25) is 0 Å². The fraction of sp³-hybridized carbons (Fsp3) is 0.634. The third-order valence-corrected chi connectivity index (χ3v) is 12.6. The maximum absolute atomic E-state index is 15.5. The number of aliphatic hydroxyl groups is 2. The Morgan fingerprint density at radius 3 is 2.17 bits per heavy atom. The van der Waals surface area contributed by atoms with E-state index in [2.05, 4.69) is 5.32 Å². The van der Waals surface area contributed by atoms with Gasteiger partial charge in [0.2, 0.25) is 11.5 Å². The van der Waals surface area contributed by atoms with Crippen LogP contribution in [0.15, 0.2) is 41.5 Å². The van der Waals surface area contributed by atoms with Crippen molar-refractivity contribution in [1.82, 2.24) is 5.32 Å². The van der Waals surface area contributed by atoms with Crippen molar-refractivity contribution in [1.29, 1.82) is 0 Å². The summed E-state index contributed by atoms with van der Waals surface area (Å²) in [5, 5.41) is 26.0. The zero-order chi connectivity index (χ0) is 42.9. The van der Waals surface area contributed by atoms with E-state index in [0.717, 1.165) is 13.8 Å². The first-order chi connectivity index (χ1) is 27.0. The number of rotatable bonds is 10. The summed E-state index contributed by atoms with van der Waals surface area (Å²) in [5.41, 5.74) is -7.92. The van der Waals surface area contributed by atoms with Gasteiger partial charge in [-0.1, -0.05) is 45.9 Å². The van der Waals surface area contributed by atoms with Crippen LogP contribution >= 0.6 is 0 Å². The molecule has 2 heterocycles. The van der Waals surface area contributed by atoms with E-state index in [4.69, 9.17) is 33.2 Å². The van der Waals surface area contributed by atoms with Gasteiger partial charge in [-0.2, -0.15) is 0 Å². The van der Waals surface area contributed by atoms with Crippen molar-refractivity contribution in [2.45, 2.75) is 135 Å². The van der Waals surface area contributed by atoms with Crippen LogP contribution in [-0.4, -0.2) is 119 Å². The Balaban J connectivity index is 1.66. The van der Waals surface area contributed by atoms with Gasteiger partial charge in [0.1, 0.15) is 6.10 Å². The van der Waals surface area contributed by atoms with Crippen molar-refractivity contribution in [3.63, 3.8) is 0 Å². The molecule has 6 rings (SSSR count). The summed E-state index contributed by atoms with van der Waals surface area (Å²) in [6.45, 7) is 12.6. The van der Waals surface area contributed by atoms with Crippen LogP contribution in [0.3, 0.4) is 0 Å². The van der Waals surface area contributed by atoms with Gasteiger partial charge in [-0.25, -0.2) is 14.4 Å². The number of Topliss-reactive ketones (excluding diaryl/α,β-unsaturated/α-hetero) is 1. The molecular weight excluding hydrogens is 762 g/mol. The molecule has 17 heteroatoms. The number of esters is 4. The topological polar surface area (TPSA) is 237 Å². The molecule has 4 fully saturated rings. The molecular formula is C41H51NO16. The number of carbonyl (C=O) groups excluding carboxylic acids is 7. The molecule has 1 aromatic carbocycles. The van der Waals surface area contributed by atoms with Crippen LogP contribution in [0, 0.1) is 22.7 Å². The third-order valence-electron chi connectivity index (χ3n) is 12.6. The maximum Gasteiger partial charge on any atom is 0.509 e. The van der Waals surface area contributed by atoms with Crippen LogP contribution in [0.25, 0.3) is 0 Å². The van der Waals surface area contributed by atoms with Crippen LogP contribution < -0.4 is 5.32 Å². The standard InChI is InChI=1S/C41H51NO16/c1-18(2)15-24(42-20(4)43)28(47)36(50)54-29-19(3)27-30(53-21(5)44)32(48)39(9)25(46)16-26-40(17-52-26,57-22(6)45)31(39)34(55-35(49)23-13-11-10-12-14-23)41(38(27,7)8)33(29)56-37(51)58-41/h10-14,18,24-26,28-31,33-34,46-47H,15-17H2,1-9H3,(H,42,43)/t24-,25-,26?,28+,29+,30+,31-,33-,34-,39+,40-,41+/m0/s1. The van der Waals surface area contributed by atoms with Gasteiger partial charge in [0, 0.05) is 32.6 Å². The predicted octanol–water partition coefficient (Wildman–Crippen LogP) is 2.27. The van der Waals surface area contributed by atoms with E-state index in [1.807, 2.05) is 13.8 Å². The Kier molecular flexibility index (Phi) is 11.1. The smallest absolute Gasteiger partial charge is 0.454 e. The van der Waals surface area contributed by atoms with Gasteiger partial charge in [-0.3, -0.25) is 19.2 Å². The lowest BCUT2D eigenvalue weighted by molar-refractivity contribution is -0.345. The lowest BCUT2D eigenvalue weighted by atomic mass is 9.44. The van der Waals surface area contributed by atoms with Crippen LogP contribution in [-0.2, 0) is 57.1 Å². The molecule has 0 radical (unpaired) electrons. The Labute approximate surface area is 335 Å². The summed E-state index contributed by atoms with van der Waals surface area (Å²) in [7, 11) is 0. The van der Waals surface area contributed by atoms with E-state index >= 15 is 4.79 Å². The number of benzene rings is 1. The number of carbonyl (C=O) groups is 7. The number of amides is 1. The summed E-state index contributed by atoms with van der Waals surface area (Å²) in [6, 6.07) is 6.63. The summed E-state index contributed by atoms with van der Waals surface area (Å²) in [4.78, 5) is 95.9. The van der Waals surface area contributed by atoms with Gasteiger partial charge in [0.25, 0.3) is 0 Å². The van der Waals surface area contributed by atoms with Crippen molar-refractivity contribution in [3.8, 4) is 0 Å². The largest absolute Gasteiger partial charge is 0.509 e. The van der Waals surface area contributed by atoms with Crippen molar-refractivity contribution in [3.05, 3.63) is 47.0 Å². The lowest BCUT2D eigenvalue weighted by Gasteiger charge is -2.67. The molecule has 316 valence electrons. The van der Waals surface area contributed by atoms with Crippen LogP contribution in [0.5, 0.6) is 0 Å². The molecule has 2 saturated heterocycles. The Morgan fingerprint density at radius 2 is 1.62 bits per heavy atom. The minimum Gasteiger partial charge on any atom is -0.454 e. The number of hydrogen-bond donors (Lipinski definition) is 3. The fourth-order valence-electron chi connectivity index (χ4n) is 10.2. The molecule has 12 atom stereocenters. The first-order valence-electron chi connectivity index (χ1n) is 19.3. The lowest BCUT2D eigenvalue weighted by Crippen LogP contribution is -2.83. The molecule has 0 aromatic heterocycles. The van der Waals surface area contributed by atoms with Crippen molar-refractivity contribution in [2.75, 3.05) is 6.61 Å². The fourth-order valence-corrected chi connectivity index (χ4v) is 10.2. The molecule has 5 aliphatic rings. The van der Waals surface area contributed by atoms with E-state index in [9.17, 15) is 39.0 Å². The average Bonchev–Trinajstić information content (AvgIpc) is 3.49. The van der Waals surface area contributed by atoms with Crippen molar-refractivity contribution >= 4 is 41.7 Å². The second-order valence-corrected chi connectivity index (χ2v) is 17.0. The number of ketones is 1. The van der Waals surface area contributed by atoms with Gasteiger partial charge in [0.05, 0.1) is 35.6 Å². The van der Waals surface area contributed by atoms with E-state index in [1.165, 1.54) is 32.9 Å². The molecule has 17 nitrogen and oxygen atoms in total. The Bertz CT molecular complexity index is 1930. The quantitative estimate of drug-likeness (QED) is 0.175. The molecule has 2 saturated carbocycles. The normalized spacial score (nSPS) is 35.5. The molecule has 58 heavy (non-hydrogen) atoms. The van der Waals surface area contributed by atoms with Gasteiger partial charge in [-0.05, 0) is 49.5 Å². The maximum atomic E-state index is 15.5. The minimum absolute atomic E-state index is 0.0312. The average molecular weight is 814 g/mol. The molecule has 2 bridgehead atoms. The summed E-state index contributed by atoms with van der Waals surface area (Å²) in [6.07, 6.45) is -13.2. The molecule has 3 aliphatic carbocycles. The van der Waals surface area contributed by atoms with Crippen molar-refractivity contribution < 1.29 is 76.9 Å². The monoisotopic (exact) mass is 813 g/mol. The van der Waals surface area contributed by atoms with E-state index < -0.39 is 118 Å². The molecule has 1 amide bonds. The highest BCUT2D eigenvalue weighted by Crippen LogP contribution is 2.66. The minimum atomic E-state index is -2.33. The molecule has 1 aromatic rings. The first kappa shape index (κ1) is 42.7. The number of hydrogen-bond acceptors (Lipinski definition) is 16. The number of aliphatic hydroxyl groups excluding tert-OH is 2. The number of nitrogens with one attached hydrogen (secondary N) is 1. The zero-order valence-electron chi connectivity index (χ0n) is 33.9. The molecule has 3 N–H and O–H groups in total. The third kappa shape index (κ3) is 6.54. The van der Waals surface area contributed by atoms with Crippen molar-refractivity contribution in [2.24, 2.45) is 22.7 Å². The highest BCUT2D eigenvalue weighted by molar-refractivity contribution is 5.96. The van der Waals surface area contributed by atoms with Gasteiger partial charge >= 0.3 is 30.0 Å². The SMILES string of the molecule is CC(=O)N[C@@H](CC(C)C)[C@@H](O)C(=O)O[C@@H]1C(C)=C2[C@@H](OC(C)=O)C(=O)[C@]3(C)[C@@H](O)CC4OC[C@@]4(OC(C)=O)[C@H]3[C@H](OC(=O)c3ccccc3)[C@@]3(OC(=O)O[C@@H]13)C2(C)C. The molecule has 2 aliphatic heterocycles. The van der Waals surface area contributed by atoms with Gasteiger partial charge in [-0.15, -0.1) is 0 Å². The number of ether oxygens (including phenoxy) is 7.